The lowest BCUT2D eigenvalue weighted by atomic mass is 9.64. The lowest BCUT2D eigenvalue weighted by Crippen LogP contribution is -2.31. The third-order valence-electron chi connectivity index (χ3n) is 12.3. The molecule has 9 aromatic carbocycles. The van der Waals surface area contributed by atoms with Crippen molar-refractivity contribution >= 4 is 65.6 Å². The molecule has 58 heavy (non-hydrogen) atoms. The molecule has 3 heterocycles. The number of fused-ring (bicyclic) bond motifs is 9. The van der Waals surface area contributed by atoms with Gasteiger partial charge < -0.3 is 13.6 Å². The van der Waals surface area contributed by atoms with E-state index < -0.39 is 5.41 Å². The topological polar surface area (TPSA) is 23.0 Å². The maximum atomic E-state index is 6.86. The van der Waals surface area contributed by atoms with Gasteiger partial charge in [0.2, 0.25) is 0 Å². The highest BCUT2D eigenvalue weighted by molar-refractivity contribution is 6.12. The summed E-state index contributed by atoms with van der Waals surface area (Å²) in [5.41, 5.74) is 12.7. The van der Waals surface area contributed by atoms with E-state index in [1.807, 2.05) is 6.07 Å². The van der Waals surface area contributed by atoms with Crippen molar-refractivity contribution in [2.75, 3.05) is 0 Å². The molecule has 0 fully saturated rings. The Bertz CT molecular complexity index is 3420. The van der Waals surface area contributed by atoms with Crippen LogP contribution in [0.2, 0.25) is 0 Å². The summed E-state index contributed by atoms with van der Waals surface area (Å²) in [6.45, 7) is 0. The summed E-state index contributed by atoms with van der Waals surface area (Å²) < 4.78 is 11.7. The first-order valence-corrected chi connectivity index (χ1v) is 19.9. The molecule has 12 rings (SSSR count). The van der Waals surface area contributed by atoms with Crippen LogP contribution in [-0.2, 0) is 5.41 Å². The van der Waals surface area contributed by atoms with Gasteiger partial charge in [-0.3, -0.25) is 0 Å². The van der Waals surface area contributed by atoms with E-state index in [0.717, 1.165) is 50.0 Å². The average Bonchev–Trinajstić information content (AvgIpc) is 3.96. The van der Waals surface area contributed by atoms with Gasteiger partial charge in [-0.1, -0.05) is 164 Å². The van der Waals surface area contributed by atoms with Gasteiger partial charge in [-0.25, -0.2) is 0 Å². The molecule has 3 heteroatoms. The highest BCUT2D eigenvalue weighted by Crippen LogP contribution is 2.49. The van der Waals surface area contributed by atoms with E-state index in [2.05, 4.69) is 221 Å². The maximum absolute atomic E-state index is 6.86. The fourth-order valence-electron chi connectivity index (χ4n) is 9.84. The van der Waals surface area contributed by atoms with E-state index in [0.29, 0.717) is 0 Å². The number of para-hydroxylation sites is 5. The molecule has 0 unspecified atom stereocenters. The monoisotopic (exact) mass is 740 g/mol. The van der Waals surface area contributed by atoms with Crippen LogP contribution in [-0.4, -0.2) is 9.13 Å². The van der Waals surface area contributed by atoms with E-state index in [4.69, 9.17) is 4.42 Å². The van der Waals surface area contributed by atoms with Crippen LogP contribution in [0, 0.1) is 0 Å². The molecule has 0 aliphatic carbocycles. The molecule has 12 aromatic rings. The summed E-state index contributed by atoms with van der Waals surface area (Å²) in [6.07, 6.45) is 0. The summed E-state index contributed by atoms with van der Waals surface area (Å²) in [6, 6.07) is 79.2. The van der Waals surface area contributed by atoms with Gasteiger partial charge in [0.15, 0.2) is 0 Å². The van der Waals surface area contributed by atoms with E-state index in [1.54, 1.807) is 0 Å². The first-order chi connectivity index (χ1) is 28.8. The van der Waals surface area contributed by atoms with Crippen molar-refractivity contribution in [1.82, 2.24) is 9.13 Å². The summed E-state index contributed by atoms with van der Waals surface area (Å²) >= 11 is 0. The number of rotatable bonds is 6. The average molecular weight is 741 g/mol. The van der Waals surface area contributed by atoms with Crippen LogP contribution < -0.4 is 0 Å². The Kier molecular flexibility index (Phi) is 7.14. The van der Waals surface area contributed by atoms with Crippen LogP contribution in [0.3, 0.4) is 0 Å². The molecular weight excluding hydrogens is 705 g/mol. The van der Waals surface area contributed by atoms with Crippen molar-refractivity contribution in [1.29, 1.82) is 0 Å². The van der Waals surface area contributed by atoms with Crippen molar-refractivity contribution in [3.8, 4) is 11.4 Å². The third kappa shape index (κ3) is 4.62. The molecule has 0 spiro atoms. The minimum atomic E-state index is -0.714. The van der Waals surface area contributed by atoms with Gasteiger partial charge in [0.25, 0.3) is 0 Å². The van der Waals surface area contributed by atoms with Gasteiger partial charge in [-0.05, 0) is 71.3 Å². The zero-order valence-electron chi connectivity index (χ0n) is 31.6. The smallest absolute Gasteiger partial charge is 0.140 e. The van der Waals surface area contributed by atoms with Crippen molar-refractivity contribution in [2.24, 2.45) is 0 Å². The van der Waals surface area contributed by atoms with Gasteiger partial charge in [0, 0.05) is 49.3 Å². The zero-order chi connectivity index (χ0) is 38.2. The number of aromatic nitrogens is 2. The van der Waals surface area contributed by atoms with Crippen molar-refractivity contribution < 1.29 is 4.42 Å². The molecule has 0 saturated carbocycles. The van der Waals surface area contributed by atoms with Crippen LogP contribution in [0.4, 0.5) is 0 Å². The molecule has 0 bridgehead atoms. The first-order valence-electron chi connectivity index (χ1n) is 19.9. The van der Waals surface area contributed by atoms with E-state index in [-0.39, 0.29) is 0 Å². The molecule has 0 atom stereocenters. The Hall–Kier alpha value is -7.62. The molecular formula is C55H36N2O. The largest absolute Gasteiger partial charge is 0.456 e. The number of nitrogens with zero attached hydrogens (tertiary/aromatic N) is 2. The van der Waals surface area contributed by atoms with Crippen molar-refractivity contribution in [2.45, 2.75) is 5.41 Å². The van der Waals surface area contributed by atoms with Crippen LogP contribution in [0.1, 0.15) is 22.3 Å². The number of hydrogen-bond acceptors (Lipinski definition) is 1. The van der Waals surface area contributed by atoms with E-state index in [1.165, 1.54) is 49.2 Å². The minimum Gasteiger partial charge on any atom is -0.456 e. The molecule has 0 N–H and O–H groups in total. The van der Waals surface area contributed by atoms with Gasteiger partial charge >= 0.3 is 0 Å². The summed E-state index contributed by atoms with van der Waals surface area (Å²) in [7, 11) is 0. The quantitative estimate of drug-likeness (QED) is 0.156. The summed E-state index contributed by atoms with van der Waals surface area (Å²) in [5.74, 6) is 0. The first kappa shape index (κ1) is 32.6. The lowest BCUT2D eigenvalue weighted by molar-refractivity contribution is 0.645. The number of benzene rings is 9. The molecule has 0 aliphatic rings. The second kappa shape index (κ2) is 12.7. The molecule has 3 aromatic heterocycles. The van der Waals surface area contributed by atoms with Gasteiger partial charge in [-0.2, -0.15) is 0 Å². The van der Waals surface area contributed by atoms with Gasteiger partial charge in [0.1, 0.15) is 11.2 Å². The summed E-state index contributed by atoms with van der Waals surface area (Å²) in [5, 5.41) is 7.18. The number of hydrogen-bond donors (Lipinski definition) is 0. The maximum Gasteiger partial charge on any atom is 0.140 e. The highest BCUT2D eigenvalue weighted by atomic mass is 16.3. The summed E-state index contributed by atoms with van der Waals surface area (Å²) in [4.78, 5) is 0. The second-order valence-corrected chi connectivity index (χ2v) is 15.2. The van der Waals surface area contributed by atoms with Crippen LogP contribution in [0.25, 0.3) is 76.9 Å². The molecule has 0 saturated heterocycles. The Morgan fingerprint density at radius 2 is 0.776 bits per heavy atom. The fourth-order valence-corrected chi connectivity index (χ4v) is 9.84. The number of furan rings is 1. The Balaban J connectivity index is 1.13. The van der Waals surface area contributed by atoms with Crippen molar-refractivity contribution in [3.05, 3.63) is 241 Å². The van der Waals surface area contributed by atoms with Crippen LogP contribution in [0.15, 0.2) is 223 Å². The Labute approximate surface area is 335 Å². The van der Waals surface area contributed by atoms with E-state index in [9.17, 15) is 0 Å². The molecule has 0 radical (unpaired) electrons. The fraction of sp³-hybridized carbons (Fsp3) is 0.0182. The molecule has 0 aliphatic heterocycles. The predicted molar refractivity (Wildman–Crippen MR) is 241 cm³/mol. The van der Waals surface area contributed by atoms with Crippen molar-refractivity contribution in [3.63, 3.8) is 0 Å². The second-order valence-electron chi connectivity index (χ2n) is 15.2. The Morgan fingerprint density at radius 1 is 0.310 bits per heavy atom. The predicted octanol–water partition coefficient (Wildman–Crippen LogP) is 14.2. The highest BCUT2D eigenvalue weighted by Gasteiger charge is 2.41. The standard InChI is InChI=1S/C55H36N2O/c1-3-17-37(18-4-1)55(38-19-5-2-6-20-38,48-28-16-27-46-45-26-10-14-32-53(45)58-54(46)48)39-21-15-22-40(35-39)56-51-31-13-9-25-44(51)47-36-41(33-34-52(47)56)57-49-29-11-7-23-42(49)43-24-8-12-30-50(43)57/h1-36H. The minimum absolute atomic E-state index is 0.714. The van der Waals surface area contributed by atoms with Crippen LogP contribution >= 0.6 is 0 Å². The SMILES string of the molecule is c1ccc(C(c2ccccc2)(c2cccc(-n3c4ccccc4c4cc(-n5c6ccccc6c6ccccc65)ccc43)c2)c2cccc3c2oc2ccccc23)cc1. The van der Waals surface area contributed by atoms with Crippen LogP contribution in [0.5, 0.6) is 0 Å². The molecule has 0 amide bonds. The Morgan fingerprint density at radius 3 is 1.41 bits per heavy atom. The molecule has 272 valence electrons. The lowest BCUT2D eigenvalue weighted by Gasteiger charge is -2.37. The normalized spacial score (nSPS) is 12.1. The van der Waals surface area contributed by atoms with Gasteiger partial charge in [0.05, 0.1) is 27.5 Å². The van der Waals surface area contributed by atoms with E-state index >= 15 is 0 Å². The zero-order valence-corrected chi connectivity index (χ0v) is 31.6. The van der Waals surface area contributed by atoms with Gasteiger partial charge in [-0.15, -0.1) is 0 Å². The molecule has 3 nitrogen and oxygen atoms in total. The third-order valence-corrected chi connectivity index (χ3v) is 12.3.